The van der Waals surface area contributed by atoms with Crippen LogP contribution in [-0.2, 0) is 0 Å². The molecule has 0 unspecified atom stereocenters. The lowest BCUT2D eigenvalue weighted by atomic mass is 9.99. The lowest BCUT2D eigenvalue weighted by molar-refractivity contribution is 0.477. The average molecular weight is 235 g/mol. The summed E-state index contributed by atoms with van der Waals surface area (Å²) < 4.78 is 0. The van der Waals surface area contributed by atoms with Crippen molar-refractivity contribution in [3.8, 4) is 16.9 Å². The van der Waals surface area contributed by atoms with Crippen molar-refractivity contribution in [2.24, 2.45) is 0 Å². The number of phenolic OH excluding ortho intramolecular Hbond substituents is 1. The van der Waals surface area contributed by atoms with Crippen molar-refractivity contribution in [2.75, 3.05) is 0 Å². The molecule has 0 saturated carbocycles. The first-order chi connectivity index (χ1) is 8.75. The molecule has 0 aliphatic heterocycles. The van der Waals surface area contributed by atoms with Crippen LogP contribution in [0.15, 0.2) is 54.9 Å². The highest BCUT2D eigenvalue weighted by Gasteiger charge is 2.08. The lowest BCUT2D eigenvalue weighted by Crippen LogP contribution is -1.85. The highest BCUT2D eigenvalue weighted by atomic mass is 16.3. The number of aromatic nitrogens is 1. The normalized spacial score (nSPS) is 10.7. The van der Waals surface area contributed by atoms with E-state index in [-0.39, 0.29) is 0 Å². The molecule has 2 nitrogen and oxygen atoms in total. The Balaban J connectivity index is 2.35. The Hall–Kier alpha value is -2.35. The van der Waals surface area contributed by atoms with Crippen molar-refractivity contribution < 1.29 is 5.11 Å². The summed E-state index contributed by atoms with van der Waals surface area (Å²) in [6.45, 7) is 2.02. The number of rotatable bonds is 1. The van der Waals surface area contributed by atoms with Gasteiger partial charge in [-0.05, 0) is 24.4 Å². The molecule has 3 rings (SSSR count). The van der Waals surface area contributed by atoms with E-state index in [4.69, 9.17) is 0 Å². The molecule has 1 heterocycles. The zero-order valence-corrected chi connectivity index (χ0v) is 10.1. The number of phenols is 1. The van der Waals surface area contributed by atoms with E-state index in [9.17, 15) is 5.11 Å². The van der Waals surface area contributed by atoms with Gasteiger partial charge < -0.3 is 5.11 Å². The molecule has 0 atom stereocenters. The van der Waals surface area contributed by atoms with Gasteiger partial charge in [0.1, 0.15) is 5.75 Å². The standard InChI is InChI=1S/C16H13NO/c1-11-6-7-16(18)14(8-11)15-10-17-9-12-4-2-3-5-13(12)15/h2-10,18H,1H3. The summed E-state index contributed by atoms with van der Waals surface area (Å²) in [6.07, 6.45) is 3.64. The largest absolute Gasteiger partial charge is 0.507 e. The van der Waals surface area contributed by atoms with Crippen LogP contribution in [0.2, 0.25) is 0 Å². The Kier molecular flexibility index (Phi) is 2.49. The molecule has 18 heavy (non-hydrogen) atoms. The first-order valence-corrected chi connectivity index (χ1v) is 5.88. The van der Waals surface area contributed by atoms with E-state index in [1.807, 2.05) is 49.5 Å². The van der Waals surface area contributed by atoms with Gasteiger partial charge in [-0.1, -0.05) is 35.9 Å². The minimum Gasteiger partial charge on any atom is -0.507 e. The number of pyridine rings is 1. The molecular formula is C16H13NO. The van der Waals surface area contributed by atoms with Gasteiger partial charge in [0.15, 0.2) is 0 Å². The molecule has 2 heteroatoms. The second-order valence-corrected chi connectivity index (χ2v) is 4.43. The Morgan fingerprint density at radius 3 is 2.67 bits per heavy atom. The molecule has 0 bridgehead atoms. The lowest BCUT2D eigenvalue weighted by Gasteiger charge is -2.09. The minimum absolute atomic E-state index is 0.291. The maximum Gasteiger partial charge on any atom is 0.123 e. The van der Waals surface area contributed by atoms with Gasteiger partial charge in [-0.15, -0.1) is 0 Å². The number of benzene rings is 2. The Bertz CT molecular complexity index is 714. The number of hydrogen-bond acceptors (Lipinski definition) is 2. The molecule has 0 spiro atoms. The van der Waals surface area contributed by atoms with Crippen molar-refractivity contribution in [1.29, 1.82) is 0 Å². The zero-order valence-electron chi connectivity index (χ0n) is 10.1. The Morgan fingerprint density at radius 1 is 0.944 bits per heavy atom. The molecule has 3 aromatic rings. The van der Waals surface area contributed by atoms with Gasteiger partial charge in [0, 0.05) is 28.9 Å². The van der Waals surface area contributed by atoms with Crippen LogP contribution in [0.5, 0.6) is 5.75 Å². The zero-order chi connectivity index (χ0) is 12.5. The molecule has 88 valence electrons. The monoisotopic (exact) mass is 235 g/mol. The topological polar surface area (TPSA) is 33.1 Å². The number of aromatic hydroxyl groups is 1. The van der Waals surface area contributed by atoms with E-state index in [0.29, 0.717) is 5.75 Å². The quantitative estimate of drug-likeness (QED) is 0.693. The van der Waals surface area contributed by atoms with E-state index in [1.54, 1.807) is 12.3 Å². The van der Waals surface area contributed by atoms with Gasteiger partial charge in [0.05, 0.1) is 0 Å². The van der Waals surface area contributed by atoms with Crippen LogP contribution in [0.25, 0.3) is 21.9 Å². The Morgan fingerprint density at radius 2 is 1.78 bits per heavy atom. The van der Waals surface area contributed by atoms with Gasteiger partial charge in [0.2, 0.25) is 0 Å². The summed E-state index contributed by atoms with van der Waals surface area (Å²) in [5, 5.41) is 12.2. The fraction of sp³-hybridized carbons (Fsp3) is 0.0625. The predicted octanol–water partition coefficient (Wildman–Crippen LogP) is 3.92. The molecule has 0 fully saturated rings. The van der Waals surface area contributed by atoms with Crippen LogP contribution >= 0.6 is 0 Å². The summed E-state index contributed by atoms with van der Waals surface area (Å²) in [5.41, 5.74) is 2.92. The molecule has 0 aliphatic rings. The van der Waals surface area contributed by atoms with Crippen LogP contribution in [0.4, 0.5) is 0 Å². The smallest absolute Gasteiger partial charge is 0.123 e. The maximum absolute atomic E-state index is 10.0. The highest BCUT2D eigenvalue weighted by Crippen LogP contribution is 2.34. The van der Waals surface area contributed by atoms with Crippen LogP contribution in [0, 0.1) is 6.92 Å². The van der Waals surface area contributed by atoms with E-state index in [1.165, 1.54) is 0 Å². The van der Waals surface area contributed by atoms with E-state index in [2.05, 4.69) is 4.98 Å². The van der Waals surface area contributed by atoms with Gasteiger partial charge in [-0.3, -0.25) is 4.98 Å². The molecule has 2 aromatic carbocycles. The molecule has 0 aliphatic carbocycles. The van der Waals surface area contributed by atoms with E-state index < -0.39 is 0 Å². The minimum atomic E-state index is 0.291. The summed E-state index contributed by atoms with van der Waals surface area (Å²) in [6, 6.07) is 13.7. The van der Waals surface area contributed by atoms with Crippen molar-refractivity contribution in [3.05, 3.63) is 60.4 Å². The summed E-state index contributed by atoms with van der Waals surface area (Å²) in [7, 11) is 0. The Labute approximate surface area is 106 Å². The molecular weight excluding hydrogens is 222 g/mol. The SMILES string of the molecule is Cc1ccc(O)c(-c2cncc3ccccc23)c1. The fourth-order valence-corrected chi connectivity index (χ4v) is 2.20. The van der Waals surface area contributed by atoms with Crippen molar-refractivity contribution in [3.63, 3.8) is 0 Å². The maximum atomic E-state index is 10.0. The first kappa shape index (κ1) is 10.8. The van der Waals surface area contributed by atoms with E-state index in [0.717, 1.165) is 27.5 Å². The number of nitrogens with zero attached hydrogens (tertiary/aromatic N) is 1. The third-order valence-electron chi connectivity index (χ3n) is 3.11. The van der Waals surface area contributed by atoms with Crippen molar-refractivity contribution >= 4 is 10.8 Å². The van der Waals surface area contributed by atoms with Gasteiger partial charge in [-0.25, -0.2) is 0 Å². The summed E-state index contributed by atoms with van der Waals surface area (Å²) in [5.74, 6) is 0.291. The molecule has 0 radical (unpaired) electrons. The average Bonchev–Trinajstić information content (AvgIpc) is 2.41. The molecule has 0 saturated heterocycles. The van der Waals surface area contributed by atoms with Crippen LogP contribution in [0.1, 0.15) is 5.56 Å². The summed E-state index contributed by atoms with van der Waals surface area (Å²) >= 11 is 0. The van der Waals surface area contributed by atoms with E-state index >= 15 is 0 Å². The first-order valence-electron chi connectivity index (χ1n) is 5.88. The second-order valence-electron chi connectivity index (χ2n) is 4.43. The predicted molar refractivity (Wildman–Crippen MR) is 73.6 cm³/mol. The van der Waals surface area contributed by atoms with Crippen LogP contribution < -0.4 is 0 Å². The third kappa shape index (κ3) is 1.72. The third-order valence-corrected chi connectivity index (χ3v) is 3.11. The highest BCUT2D eigenvalue weighted by molar-refractivity contribution is 5.97. The molecule has 0 amide bonds. The fourth-order valence-electron chi connectivity index (χ4n) is 2.20. The van der Waals surface area contributed by atoms with Gasteiger partial charge in [-0.2, -0.15) is 0 Å². The number of hydrogen-bond donors (Lipinski definition) is 1. The van der Waals surface area contributed by atoms with Gasteiger partial charge in [0.25, 0.3) is 0 Å². The van der Waals surface area contributed by atoms with Crippen LogP contribution in [0.3, 0.4) is 0 Å². The van der Waals surface area contributed by atoms with Crippen molar-refractivity contribution in [2.45, 2.75) is 6.92 Å². The second kappa shape index (κ2) is 4.15. The molecule has 1 N–H and O–H groups in total. The number of fused-ring (bicyclic) bond motifs is 1. The number of aryl methyl sites for hydroxylation is 1. The van der Waals surface area contributed by atoms with Gasteiger partial charge >= 0.3 is 0 Å². The van der Waals surface area contributed by atoms with Crippen LogP contribution in [-0.4, -0.2) is 10.1 Å². The van der Waals surface area contributed by atoms with Crippen molar-refractivity contribution in [1.82, 2.24) is 4.98 Å². The molecule has 1 aromatic heterocycles. The summed E-state index contributed by atoms with van der Waals surface area (Å²) in [4.78, 5) is 4.25.